The van der Waals surface area contributed by atoms with Crippen LogP contribution in [-0.2, 0) is 43.3 Å². The van der Waals surface area contributed by atoms with E-state index in [-0.39, 0.29) is 12.1 Å². The number of rotatable bonds is 7. The highest BCUT2D eigenvalue weighted by atomic mass is 127. The number of hydrogen-bond acceptors (Lipinski definition) is 5. The molecule has 2 N–H and O–H groups in total. The summed E-state index contributed by atoms with van der Waals surface area (Å²) in [5.41, 5.74) is 5.93. The topological polar surface area (TPSA) is 91.2 Å². The normalized spacial score (nSPS) is 15.2. The van der Waals surface area contributed by atoms with Crippen molar-refractivity contribution in [1.29, 1.82) is 0 Å². The van der Waals surface area contributed by atoms with Crippen molar-refractivity contribution in [3.63, 3.8) is 0 Å². The number of aromatic nitrogens is 4. The Kier molecular flexibility index (Phi) is 12.1. The predicted octanol–water partition coefficient (Wildman–Crippen LogP) is 7.00. The van der Waals surface area contributed by atoms with Crippen molar-refractivity contribution < 1.29 is 22.7 Å². The number of ether oxygens (including phenoxy) is 1. The Morgan fingerprint density at radius 3 is 2.24 bits per heavy atom. The van der Waals surface area contributed by atoms with Gasteiger partial charge in [0.15, 0.2) is 0 Å². The van der Waals surface area contributed by atoms with Crippen LogP contribution >= 0.6 is 45.2 Å². The summed E-state index contributed by atoms with van der Waals surface area (Å²) in [6, 6.07) is 4.95. The number of nitrogens with two attached hydrogens (primary N) is 1. The summed E-state index contributed by atoms with van der Waals surface area (Å²) in [6.45, 7) is 12.3. The third kappa shape index (κ3) is 9.07. The molecule has 0 saturated carbocycles. The summed E-state index contributed by atoms with van der Waals surface area (Å²) in [7, 11) is 0. The van der Waals surface area contributed by atoms with Crippen LogP contribution in [0.3, 0.4) is 0 Å². The van der Waals surface area contributed by atoms with E-state index in [4.69, 9.17) is 10.5 Å². The summed E-state index contributed by atoms with van der Waals surface area (Å²) >= 11 is 4.41. The van der Waals surface area contributed by atoms with Gasteiger partial charge < -0.3 is 19.6 Å². The molecule has 0 bridgehead atoms. The molecule has 232 valence electrons. The van der Waals surface area contributed by atoms with Crippen LogP contribution in [0.15, 0.2) is 30.5 Å². The molecule has 3 heterocycles. The molecule has 42 heavy (non-hydrogen) atoms. The molecule has 13 heteroatoms. The van der Waals surface area contributed by atoms with Crippen LogP contribution < -0.4 is 5.73 Å². The second kappa shape index (κ2) is 14.7. The van der Waals surface area contributed by atoms with Gasteiger partial charge in [0.05, 0.1) is 17.3 Å². The quantitative estimate of drug-likeness (QED) is 0.260. The van der Waals surface area contributed by atoms with Gasteiger partial charge in [0.1, 0.15) is 24.7 Å². The fourth-order valence-electron chi connectivity index (χ4n) is 4.86. The molecule has 1 aliphatic heterocycles. The molecule has 1 aliphatic rings. The second-order valence-corrected chi connectivity index (χ2v) is 13.1. The summed E-state index contributed by atoms with van der Waals surface area (Å²) in [5.74, 6) is 2.10. The van der Waals surface area contributed by atoms with Crippen LogP contribution in [0.5, 0.6) is 0 Å². The highest BCUT2D eigenvalue weighted by molar-refractivity contribution is 14.1. The summed E-state index contributed by atoms with van der Waals surface area (Å²) in [6.07, 6.45) is 0.157. The van der Waals surface area contributed by atoms with E-state index in [0.29, 0.717) is 32.5 Å². The zero-order chi connectivity index (χ0) is 31.2. The Bertz CT molecular complexity index is 1330. The average Bonchev–Trinajstić information content (AvgIpc) is 3.44. The number of imidazole rings is 2. The SMILES string of the molecule is CCc1nc(I)c2n1CCN(C(=O)OC(C)(C)C)C2CCc1ccc(C(F)(F)F)cc1.CCc1nc(I)cn1CCN. The first kappa shape index (κ1) is 34.6. The van der Waals surface area contributed by atoms with Crippen LogP contribution in [0.2, 0.25) is 0 Å². The minimum absolute atomic E-state index is 0.259. The first-order valence-corrected chi connectivity index (χ1v) is 16.2. The monoisotopic (exact) mass is 814 g/mol. The van der Waals surface area contributed by atoms with Gasteiger partial charge in [-0.25, -0.2) is 14.8 Å². The van der Waals surface area contributed by atoms with Crippen LogP contribution in [-0.4, -0.2) is 48.8 Å². The Labute approximate surface area is 272 Å². The molecule has 0 fully saturated rings. The van der Waals surface area contributed by atoms with Crippen LogP contribution in [0.4, 0.5) is 18.0 Å². The Morgan fingerprint density at radius 1 is 1.05 bits per heavy atom. The first-order chi connectivity index (χ1) is 19.7. The van der Waals surface area contributed by atoms with E-state index in [1.807, 2.05) is 33.9 Å². The Balaban J connectivity index is 0.000000369. The molecule has 0 spiro atoms. The molecule has 3 aromatic rings. The van der Waals surface area contributed by atoms with Gasteiger partial charge in [-0.15, -0.1) is 0 Å². The second-order valence-electron chi connectivity index (χ2n) is 10.9. The number of nitrogens with zero attached hydrogens (tertiary/aromatic N) is 5. The summed E-state index contributed by atoms with van der Waals surface area (Å²) < 4.78 is 50.4. The predicted molar refractivity (Wildman–Crippen MR) is 173 cm³/mol. The van der Waals surface area contributed by atoms with E-state index in [0.717, 1.165) is 61.8 Å². The van der Waals surface area contributed by atoms with Gasteiger partial charge >= 0.3 is 12.3 Å². The average molecular weight is 814 g/mol. The lowest BCUT2D eigenvalue weighted by Crippen LogP contribution is -2.45. The number of aryl methyl sites for hydroxylation is 3. The lowest BCUT2D eigenvalue weighted by Gasteiger charge is -2.38. The van der Waals surface area contributed by atoms with Gasteiger partial charge in [-0.1, -0.05) is 26.0 Å². The number of fused-ring (bicyclic) bond motifs is 1. The fourth-order valence-corrected chi connectivity index (χ4v) is 6.40. The van der Waals surface area contributed by atoms with Crippen LogP contribution in [0, 0.1) is 7.40 Å². The van der Waals surface area contributed by atoms with Gasteiger partial charge in [0, 0.05) is 45.2 Å². The number of alkyl halides is 3. The van der Waals surface area contributed by atoms with Gasteiger partial charge in [-0.05, 0) is 96.5 Å². The van der Waals surface area contributed by atoms with Crippen molar-refractivity contribution in [2.45, 2.75) is 91.2 Å². The highest BCUT2D eigenvalue weighted by Gasteiger charge is 2.37. The van der Waals surface area contributed by atoms with E-state index < -0.39 is 17.3 Å². The molecule has 1 amide bonds. The van der Waals surface area contributed by atoms with E-state index in [2.05, 4.69) is 71.2 Å². The minimum Gasteiger partial charge on any atom is -0.444 e. The largest absolute Gasteiger partial charge is 0.444 e. The zero-order valence-electron chi connectivity index (χ0n) is 24.6. The fraction of sp³-hybridized carbons (Fsp3) is 0.552. The van der Waals surface area contributed by atoms with Crippen LogP contribution in [0.25, 0.3) is 0 Å². The standard InChI is InChI=1S/C22H27F3IN3O2.C7H12IN3/c1-5-17-27-19(26)18-16(11-8-14-6-9-15(10-7-14)22(23,24)25)28(12-13-29(17)18)20(30)31-21(2,3)4;1-2-7-10-6(8)5-11(7)4-3-9/h6-7,9-10,16H,5,8,11-13H2,1-4H3;5H,2-4,9H2,1H3. The lowest BCUT2D eigenvalue weighted by molar-refractivity contribution is -0.137. The van der Waals surface area contributed by atoms with E-state index in [1.165, 1.54) is 12.1 Å². The van der Waals surface area contributed by atoms with Crippen molar-refractivity contribution in [3.05, 3.63) is 66.3 Å². The van der Waals surface area contributed by atoms with Crippen LogP contribution in [0.1, 0.15) is 75.6 Å². The molecule has 1 unspecified atom stereocenters. The number of halogens is 5. The number of carbonyl (C=O) groups is 1. The Morgan fingerprint density at radius 2 is 1.69 bits per heavy atom. The van der Waals surface area contributed by atoms with Crippen molar-refractivity contribution >= 4 is 51.3 Å². The van der Waals surface area contributed by atoms with Crippen molar-refractivity contribution in [1.82, 2.24) is 24.0 Å². The molecule has 1 aromatic carbocycles. The molecule has 0 radical (unpaired) electrons. The third-order valence-electron chi connectivity index (χ3n) is 6.75. The molecule has 1 atom stereocenters. The number of carbonyl (C=O) groups excluding carboxylic acids is 1. The van der Waals surface area contributed by atoms with E-state index in [9.17, 15) is 18.0 Å². The molecule has 0 aliphatic carbocycles. The van der Waals surface area contributed by atoms with Crippen molar-refractivity contribution in [2.24, 2.45) is 5.73 Å². The maximum Gasteiger partial charge on any atom is 0.416 e. The maximum atomic E-state index is 12.9. The van der Waals surface area contributed by atoms with Gasteiger partial charge in [-0.3, -0.25) is 4.90 Å². The lowest BCUT2D eigenvalue weighted by atomic mass is 9.99. The van der Waals surface area contributed by atoms with E-state index in [1.54, 1.807) is 4.90 Å². The Hall–Kier alpha value is -1.88. The van der Waals surface area contributed by atoms with Crippen molar-refractivity contribution in [3.8, 4) is 0 Å². The van der Waals surface area contributed by atoms with E-state index >= 15 is 0 Å². The highest BCUT2D eigenvalue weighted by Crippen LogP contribution is 2.35. The molecular formula is C29H39F3I2N6O2. The van der Waals surface area contributed by atoms with Gasteiger partial charge in [0.2, 0.25) is 0 Å². The smallest absolute Gasteiger partial charge is 0.416 e. The summed E-state index contributed by atoms with van der Waals surface area (Å²) in [5, 5.41) is 0. The summed E-state index contributed by atoms with van der Waals surface area (Å²) in [4.78, 5) is 23.7. The zero-order valence-corrected chi connectivity index (χ0v) is 29.0. The van der Waals surface area contributed by atoms with Gasteiger partial charge in [-0.2, -0.15) is 13.2 Å². The van der Waals surface area contributed by atoms with Crippen molar-refractivity contribution in [2.75, 3.05) is 13.1 Å². The number of amides is 1. The molecule has 2 aromatic heterocycles. The minimum atomic E-state index is -4.35. The molecule has 8 nitrogen and oxygen atoms in total. The number of hydrogen-bond donors (Lipinski definition) is 1. The molecular weight excluding hydrogens is 775 g/mol. The third-order valence-corrected chi connectivity index (χ3v) is 8.06. The maximum absolute atomic E-state index is 12.9. The first-order valence-electron chi connectivity index (χ1n) is 14.0. The number of benzene rings is 1. The molecule has 0 saturated heterocycles. The molecule has 4 rings (SSSR count). The van der Waals surface area contributed by atoms with Gasteiger partial charge in [0.25, 0.3) is 0 Å².